The molecule has 0 unspecified atom stereocenters. The number of anilines is 3. The normalized spacial score (nSPS) is 12.6. The molecule has 0 saturated heterocycles. The van der Waals surface area contributed by atoms with Crippen molar-refractivity contribution in [2.24, 2.45) is 0 Å². The summed E-state index contributed by atoms with van der Waals surface area (Å²) in [7, 11) is 0. The molecule has 0 spiro atoms. The Balaban J connectivity index is 1.02. The van der Waals surface area contributed by atoms with E-state index in [-0.39, 0.29) is 5.41 Å². The van der Waals surface area contributed by atoms with Gasteiger partial charge in [-0.15, -0.1) is 0 Å². The topological polar surface area (TPSA) is 3.24 Å². The van der Waals surface area contributed by atoms with Crippen LogP contribution in [0.2, 0.25) is 0 Å². The van der Waals surface area contributed by atoms with Crippen LogP contribution in [0.5, 0.6) is 0 Å². The van der Waals surface area contributed by atoms with E-state index in [0.29, 0.717) is 0 Å². The van der Waals surface area contributed by atoms with Gasteiger partial charge in [0.15, 0.2) is 0 Å². The Labute approximate surface area is 323 Å². The van der Waals surface area contributed by atoms with Gasteiger partial charge in [-0.25, -0.2) is 0 Å². The SMILES string of the molecule is CC1(c2cccc(-c3ccc(N(c4ccc(-c5ccccc5)cc4)c4ccc(-c5cccc6ccccc56)cc4)cc3)c2)c2ccccc2-c2ccccc21. The van der Waals surface area contributed by atoms with Crippen LogP contribution in [0.1, 0.15) is 23.6 Å². The number of rotatable bonds is 7. The van der Waals surface area contributed by atoms with Gasteiger partial charge in [-0.2, -0.15) is 0 Å². The molecule has 0 amide bonds. The molecule has 10 rings (SSSR count). The minimum Gasteiger partial charge on any atom is -0.311 e. The van der Waals surface area contributed by atoms with Crippen molar-refractivity contribution in [3.8, 4) is 44.5 Å². The van der Waals surface area contributed by atoms with Crippen LogP contribution >= 0.6 is 0 Å². The molecule has 55 heavy (non-hydrogen) atoms. The molecule has 1 heteroatoms. The van der Waals surface area contributed by atoms with Crippen LogP contribution in [-0.2, 0) is 5.41 Å². The Morgan fingerprint density at radius 3 is 1.40 bits per heavy atom. The first-order chi connectivity index (χ1) is 27.1. The van der Waals surface area contributed by atoms with Gasteiger partial charge in [-0.1, -0.05) is 176 Å². The first-order valence-corrected chi connectivity index (χ1v) is 19.1. The molecule has 260 valence electrons. The largest absolute Gasteiger partial charge is 0.311 e. The molecule has 0 bridgehead atoms. The maximum absolute atomic E-state index is 2.39. The van der Waals surface area contributed by atoms with Crippen LogP contribution in [0.3, 0.4) is 0 Å². The first kappa shape index (κ1) is 32.7. The lowest BCUT2D eigenvalue weighted by atomic mass is 9.74. The zero-order valence-corrected chi connectivity index (χ0v) is 30.7. The Bertz CT molecular complexity index is 2750. The Morgan fingerprint density at radius 1 is 0.327 bits per heavy atom. The third-order valence-electron chi connectivity index (χ3n) is 11.6. The summed E-state index contributed by atoms with van der Waals surface area (Å²) in [5.41, 5.74) is 17.1. The van der Waals surface area contributed by atoms with Gasteiger partial charge in [0.2, 0.25) is 0 Å². The van der Waals surface area contributed by atoms with E-state index in [1.165, 1.54) is 72.0 Å². The van der Waals surface area contributed by atoms with Crippen LogP contribution < -0.4 is 4.90 Å². The van der Waals surface area contributed by atoms with Crippen LogP contribution in [0.15, 0.2) is 218 Å². The van der Waals surface area contributed by atoms with E-state index in [0.717, 1.165) is 17.1 Å². The summed E-state index contributed by atoms with van der Waals surface area (Å²) >= 11 is 0. The van der Waals surface area contributed by atoms with Gasteiger partial charge in [0, 0.05) is 22.5 Å². The lowest BCUT2D eigenvalue weighted by Crippen LogP contribution is -2.22. The second-order valence-corrected chi connectivity index (χ2v) is 14.7. The molecule has 0 atom stereocenters. The lowest BCUT2D eigenvalue weighted by molar-refractivity contribution is 0.714. The van der Waals surface area contributed by atoms with E-state index in [1.807, 2.05) is 0 Å². The van der Waals surface area contributed by atoms with E-state index in [2.05, 4.69) is 230 Å². The van der Waals surface area contributed by atoms with Crippen molar-refractivity contribution in [3.05, 3.63) is 235 Å². The number of hydrogen-bond donors (Lipinski definition) is 0. The van der Waals surface area contributed by atoms with Crippen molar-refractivity contribution in [1.82, 2.24) is 0 Å². The minimum absolute atomic E-state index is 0.232. The number of hydrogen-bond acceptors (Lipinski definition) is 1. The summed E-state index contributed by atoms with van der Waals surface area (Å²) in [6.45, 7) is 2.38. The molecule has 9 aromatic rings. The first-order valence-electron chi connectivity index (χ1n) is 19.1. The molecule has 0 aromatic heterocycles. The van der Waals surface area contributed by atoms with E-state index < -0.39 is 0 Å². The number of benzene rings is 9. The average Bonchev–Trinajstić information content (AvgIpc) is 3.53. The fourth-order valence-electron chi connectivity index (χ4n) is 8.72. The van der Waals surface area contributed by atoms with Crippen LogP contribution in [0, 0.1) is 0 Å². The zero-order chi connectivity index (χ0) is 36.8. The molecular weight excluding hydrogens is 663 g/mol. The molecule has 0 heterocycles. The molecule has 0 radical (unpaired) electrons. The van der Waals surface area contributed by atoms with Crippen LogP contribution in [0.25, 0.3) is 55.3 Å². The number of fused-ring (bicyclic) bond motifs is 4. The molecule has 9 aromatic carbocycles. The van der Waals surface area contributed by atoms with E-state index in [9.17, 15) is 0 Å². The Hall–Kier alpha value is -6.96. The molecule has 1 nitrogen and oxygen atoms in total. The van der Waals surface area contributed by atoms with Gasteiger partial charge in [0.25, 0.3) is 0 Å². The predicted octanol–water partition coefficient (Wildman–Crippen LogP) is 14.6. The lowest BCUT2D eigenvalue weighted by Gasteiger charge is -2.29. The van der Waals surface area contributed by atoms with Gasteiger partial charge in [0.1, 0.15) is 0 Å². The second-order valence-electron chi connectivity index (χ2n) is 14.7. The molecule has 0 N–H and O–H groups in total. The summed E-state index contributed by atoms with van der Waals surface area (Å²) in [5.74, 6) is 0. The van der Waals surface area contributed by atoms with Crippen LogP contribution in [-0.4, -0.2) is 0 Å². The fraction of sp³-hybridized carbons (Fsp3) is 0.0370. The van der Waals surface area contributed by atoms with Crippen molar-refractivity contribution >= 4 is 27.8 Å². The third-order valence-corrected chi connectivity index (χ3v) is 11.6. The summed E-state index contributed by atoms with van der Waals surface area (Å²) in [6, 6.07) is 79.6. The second kappa shape index (κ2) is 13.5. The highest BCUT2D eigenvalue weighted by Gasteiger charge is 2.40. The smallest absolute Gasteiger partial charge is 0.0462 e. The maximum atomic E-state index is 2.39. The summed E-state index contributed by atoms with van der Waals surface area (Å²) in [6.07, 6.45) is 0. The highest BCUT2D eigenvalue weighted by Crippen LogP contribution is 2.52. The van der Waals surface area contributed by atoms with Gasteiger partial charge >= 0.3 is 0 Å². The fourth-order valence-corrected chi connectivity index (χ4v) is 8.72. The van der Waals surface area contributed by atoms with Gasteiger partial charge < -0.3 is 4.90 Å². The Kier molecular flexibility index (Phi) is 8.00. The summed E-state index contributed by atoms with van der Waals surface area (Å²) in [5, 5.41) is 2.52. The van der Waals surface area contributed by atoms with Crippen molar-refractivity contribution in [3.63, 3.8) is 0 Å². The van der Waals surface area contributed by atoms with Gasteiger partial charge in [-0.05, 0) is 121 Å². The van der Waals surface area contributed by atoms with E-state index in [4.69, 9.17) is 0 Å². The van der Waals surface area contributed by atoms with Gasteiger partial charge in [-0.3, -0.25) is 0 Å². The number of nitrogens with zero attached hydrogens (tertiary/aromatic N) is 1. The molecule has 0 saturated carbocycles. The minimum atomic E-state index is -0.232. The van der Waals surface area contributed by atoms with Crippen molar-refractivity contribution < 1.29 is 0 Å². The third kappa shape index (κ3) is 5.64. The Morgan fingerprint density at radius 2 is 0.764 bits per heavy atom. The standard InChI is InChI=1S/C54H39N/c1-54(52-23-9-7-20-50(52)51-21-8-10-24-53(51)54)44-18-11-17-43(37-44)40-27-33-46(34-28-40)55(45-31-25-39(26-32-45)38-13-3-2-4-14-38)47-35-29-42(30-36-47)49-22-12-16-41-15-5-6-19-48(41)49/h2-37H,1H3. The van der Waals surface area contributed by atoms with Gasteiger partial charge in [0.05, 0.1) is 0 Å². The maximum Gasteiger partial charge on any atom is 0.0462 e. The predicted molar refractivity (Wildman–Crippen MR) is 232 cm³/mol. The summed E-state index contributed by atoms with van der Waals surface area (Å²) < 4.78 is 0. The van der Waals surface area contributed by atoms with Crippen molar-refractivity contribution in [2.75, 3.05) is 4.90 Å². The monoisotopic (exact) mass is 701 g/mol. The van der Waals surface area contributed by atoms with Crippen LogP contribution in [0.4, 0.5) is 17.1 Å². The zero-order valence-electron chi connectivity index (χ0n) is 30.7. The molecule has 0 fully saturated rings. The average molecular weight is 702 g/mol. The highest BCUT2D eigenvalue weighted by atomic mass is 15.1. The van der Waals surface area contributed by atoms with E-state index >= 15 is 0 Å². The summed E-state index contributed by atoms with van der Waals surface area (Å²) in [4.78, 5) is 2.36. The van der Waals surface area contributed by atoms with Crippen molar-refractivity contribution in [2.45, 2.75) is 12.3 Å². The highest BCUT2D eigenvalue weighted by molar-refractivity contribution is 5.97. The molecule has 1 aliphatic rings. The molecule has 0 aliphatic heterocycles. The molecular formula is C54H39N. The molecule has 1 aliphatic carbocycles. The quantitative estimate of drug-likeness (QED) is 0.160. The van der Waals surface area contributed by atoms with E-state index in [1.54, 1.807) is 0 Å². The van der Waals surface area contributed by atoms with Crippen molar-refractivity contribution in [1.29, 1.82) is 0 Å².